The minimum atomic E-state index is -0.289. The molecule has 2 N–H and O–H groups in total. The third-order valence-corrected chi connectivity index (χ3v) is 16.4. The van der Waals surface area contributed by atoms with Crippen molar-refractivity contribution in [1.82, 2.24) is 19.8 Å². The number of piperidine rings is 1. The van der Waals surface area contributed by atoms with Crippen molar-refractivity contribution in [2.75, 3.05) is 31.5 Å². The zero-order valence-corrected chi connectivity index (χ0v) is 41.6. The van der Waals surface area contributed by atoms with E-state index in [0.717, 1.165) is 94.1 Å². The summed E-state index contributed by atoms with van der Waals surface area (Å²) in [4.78, 5) is 25.3. The molecule has 2 aromatic carbocycles. The van der Waals surface area contributed by atoms with Crippen LogP contribution in [0.1, 0.15) is 121 Å². The maximum Gasteiger partial charge on any atom is 0.142 e. The zero-order chi connectivity index (χ0) is 46.8. The molecule has 4 aromatic rings. The van der Waals surface area contributed by atoms with E-state index in [1.807, 2.05) is 22.9 Å². The average molecular weight is 916 g/mol. The summed E-state index contributed by atoms with van der Waals surface area (Å²) in [7, 11) is 0. The molecule has 348 valence electrons. The van der Waals surface area contributed by atoms with Gasteiger partial charge in [-0.3, -0.25) is 9.98 Å². The van der Waals surface area contributed by atoms with Crippen LogP contribution in [0.25, 0.3) is 40.8 Å². The molecule has 0 radical (unpaired) electrons. The lowest BCUT2D eigenvalue weighted by molar-refractivity contribution is -0.110. The quantitative estimate of drug-likeness (QED) is 0.0316. The highest BCUT2D eigenvalue weighted by Crippen LogP contribution is 2.41. The molecule has 65 heavy (non-hydrogen) atoms. The molecule has 2 fully saturated rings. The topological polar surface area (TPSA) is 74.5 Å². The van der Waals surface area contributed by atoms with Crippen LogP contribution in [-0.4, -0.2) is 59.7 Å². The Balaban J connectivity index is 0.987. The van der Waals surface area contributed by atoms with Gasteiger partial charge < -0.3 is 24.9 Å². The van der Waals surface area contributed by atoms with E-state index in [4.69, 9.17) is 16.6 Å². The summed E-state index contributed by atoms with van der Waals surface area (Å²) in [6.07, 6.45) is 18.6. The van der Waals surface area contributed by atoms with Gasteiger partial charge in [-0.15, -0.1) is 18.3 Å². The zero-order valence-electron chi connectivity index (χ0n) is 40.0. The number of pyridine rings is 1. The SMILES string of the molecule is C=CCCC(C=O)n1c(=C)c2cccc(NCCCC3CCN(CC(C)CCC(C)[C@@H](C)c4cnc(CS/C(=C\N=C)C5NC(=C)C(C)C5CC)c5cc(Cl)c(C=C)cc45)CC3)c2c1=C. The molecule has 6 rings (SSSR count). The molecule has 2 aliphatic rings. The third-order valence-electron chi connectivity index (χ3n) is 14.9. The van der Waals surface area contributed by atoms with Crippen LogP contribution in [0.15, 0.2) is 84.1 Å². The molecule has 7 nitrogen and oxygen atoms in total. The molecule has 9 heteroatoms. The highest BCUT2D eigenvalue weighted by Gasteiger charge is 2.37. The lowest BCUT2D eigenvalue weighted by Gasteiger charge is -2.34. The average Bonchev–Trinajstić information content (AvgIpc) is 3.74. The van der Waals surface area contributed by atoms with Gasteiger partial charge in [-0.1, -0.05) is 103 Å². The Morgan fingerprint density at radius 1 is 1.06 bits per heavy atom. The number of aliphatic imine (C=N–C) groups is 1. The van der Waals surface area contributed by atoms with E-state index in [1.165, 1.54) is 61.0 Å². The number of aldehydes is 1. The predicted molar refractivity (Wildman–Crippen MR) is 284 cm³/mol. The van der Waals surface area contributed by atoms with Crippen molar-refractivity contribution in [2.45, 2.75) is 116 Å². The van der Waals surface area contributed by atoms with E-state index >= 15 is 0 Å². The number of benzene rings is 2. The van der Waals surface area contributed by atoms with Crippen molar-refractivity contribution < 1.29 is 4.79 Å². The van der Waals surface area contributed by atoms with E-state index < -0.39 is 0 Å². The molecule has 0 aliphatic carbocycles. The van der Waals surface area contributed by atoms with Gasteiger partial charge in [-0.05, 0) is 135 Å². The predicted octanol–water partition coefficient (Wildman–Crippen LogP) is 12.7. The van der Waals surface area contributed by atoms with Gasteiger partial charge in [-0.2, -0.15) is 0 Å². The van der Waals surface area contributed by atoms with Gasteiger partial charge in [-0.25, -0.2) is 0 Å². The van der Waals surface area contributed by atoms with E-state index in [1.54, 1.807) is 11.8 Å². The largest absolute Gasteiger partial charge is 0.384 e. The normalized spacial score (nSPS) is 20.4. The standard InChI is InChI=1S/C56H75ClN6OS/c1-12-15-19-45(34-64)63-41(9)47-20-16-21-52(55(47)42(63)10)59-26-17-18-43-24-27-62(28-25-43)33-36(4)22-23-37(5)38(6)50-31-60-53(49-30-51(57)44(13-2)29-48(49)50)35-65-54(32-58-11)56-46(14-3)39(7)40(8)61-56/h12-13,16,20-21,29-32,34,36-39,43,45-46,56,59,61H,1-2,8-11,14-15,17-19,22-28,33,35H2,3-7H3/b54-32-/t36?,37?,38-,39?,45?,46?,56?/m1/s1. The number of likely N-dealkylation sites (tertiary alicyclic amines) is 1. The Hall–Kier alpha value is -4.37. The number of aromatic nitrogens is 2. The van der Waals surface area contributed by atoms with Crippen molar-refractivity contribution in [3.05, 3.63) is 112 Å². The van der Waals surface area contributed by atoms with E-state index in [9.17, 15) is 4.79 Å². The van der Waals surface area contributed by atoms with Crippen LogP contribution < -0.4 is 21.3 Å². The van der Waals surface area contributed by atoms with Crippen LogP contribution in [-0.2, 0) is 10.5 Å². The van der Waals surface area contributed by atoms with E-state index in [0.29, 0.717) is 46.8 Å². The Bertz CT molecular complexity index is 2470. The fourth-order valence-corrected chi connectivity index (χ4v) is 11.9. The fraction of sp³-hybridized carbons (Fsp3) is 0.482. The Kier molecular flexibility index (Phi) is 18.0. The summed E-state index contributed by atoms with van der Waals surface area (Å²) >= 11 is 8.63. The van der Waals surface area contributed by atoms with Gasteiger partial charge in [0.25, 0.3) is 0 Å². The molecule has 0 saturated carbocycles. The molecule has 0 amide bonds. The molecule has 4 heterocycles. The first-order chi connectivity index (χ1) is 31.3. The molecule has 2 saturated heterocycles. The second kappa shape index (κ2) is 23.4. The second-order valence-electron chi connectivity index (χ2n) is 19.1. The number of nitrogens with one attached hydrogen (secondary N) is 2. The molecular weight excluding hydrogens is 840 g/mol. The highest BCUT2D eigenvalue weighted by molar-refractivity contribution is 8.02. The summed E-state index contributed by atoms with van der Waals surface area (Å²) in [5.41, 5.74) is 5.43. The van der Waals surface area contributed by atoms with Gasteiger partial charge in [0.1, 0.15) is 6.29 Å². The molecular formula is C56H75ClN6OS. The molecule has 2 aromatic heterocycles. The molecule has 2 aliphatic heterocycles. The highest BCUT2D eigenvalue weighted by atomic mass is 35.5. The van der Waals surface area contributed by atoms with Gasteiger partial charge in [0.05, 0.1) is 17.8 Å². The van der Waals surface area contributed by atoms with Crippen LogP contribution in [0.5, 0.6) is 0 Å². The van der Waals surface area contributed by atoms with Crippen LogP contribution >= 0.6 is 23.4 Å². The van der Waals surface area contributed by atoms with Crippen molar-refractivity contribution in [3.63, 3.8) is 0 Å². The number of halogens is 1. The van der Waals surface area contributed by atoms with Gasteiger partial charge in [0, 0.05) is 85.3 Å². The number of anilines is 1. The number of hydrogen-bond donors (Lipinski definition) is 2. The second-order valence-corrected chi connectivity index (χ2v) is 20.6. The number of hydrogen-bond acceptors (Lipinski definition) is 7. The minimum Gasteiger partial charge on any atom is -0.384 e. The maximum atomic E-state index is 12.0. The lowest BCUT2D eigenvalue weighted by Crippen LogP contribution is -2.36. The van der Waals surface area contributed by atoms with Crippen molar-refractivity contribution in [3.8, 4) is 0 Å². The molecule has 0 spiro atoms. The summed E-state index contributed by atoms with van der Waals surface area (Å²) in [6.45, 7) is 40.9. The number of fused-ring (bicyclic) bond motifs is 2. The number of carbonyl (C=O) groups is 1. The molecule has 6 unspecified atom stereocenters. The van der Waals surface area contributed by atoms with Crippen LogP contribution in [0.2, 0.25) is 5.02 Å². The monoisotopic (exact) mass is 915 g/mol. The van der Waals surface area contributed by atoms with Crippen LogP contribution in [0.4, 0.5) is 5.69 Å². The Morgan fingerprint density at radius 2 is 1.83 bits per heavy atom. The third kappa shape index (κ3) is 11.6. The van der Waals surface area contributed by atoms with Crippen molar-refractivity contribution in [2.24, 2.45) is 34.6 Å². The van der Waals surface area contributed by atoms with E-state index in [-0.39, 0.29) is 12.1 Å². The minimum absolute atomic E-state index is 0.172. The van der Waals surface area contributed by atoms with Crippen LogP contribution in [0.3, 0.4) is 0 Å². The summed E-state index contributed by atoms with van der Waals surface area (Å²) in [5, 5.41) is 14.2. The number of rotatable bonds is 24. The van der Waals surface area contributed by atoms with Crippen molar-refractivity contribution >= 4 is 82.8 Å². The summed E-state index contributed by atoms with van der Waals surface area (Å²) in [6, 6.07) is 10.5. The number of allylic oxidation sites excluding steroid dienone is 2. The Labute approximate surface area is 399 Å². The summed E-state index contributed by atoms with van der Waals surface area (Å²) < 4.78 is 2.00. The van der Waals surface area contributed by atoms with Gasteiger partial charge >= 0.3 is 0 Å². The Morgan fingerprint density at radius 3 is 2.52 bits per heavy atom. The number of nitrogens with zero attached hydrogens (tertiary/aromatic N) is 4. The van der Waals surface area contributed by atoms with Gasteiger partial charge in [0.2, 0.25) is 0 Å². The number of carbonyl (C=O) groups excluding carboxylic acids is 1. The van der Waals surface area contributed by atoms with Crippen molar-refractivity contribution in [1.29, 1.82) is 0 Å². The first kappa shape index (κ1) is 50.1. The fourth-order valence-electron chi connectivity index (χ4n) is 10.6. The molecule has 0 bridgehead atoms. The first-order valence-electron chi connectivity index (χ1n) is 24.2. The smallest absolute Gasteiger partial charge is 0.142 e. The summed E-state index contributed by atoms with van der Waals surface area (Å²) in [5.74, 6) is 3.80. The maximum absolute atomic E-state index is 12.0. The molecule has 7 atom stereocenters. The lowest BCUT2D eigenvalue weighted by atomic mass is 9.82. The van der Waals surface area contributed by atoms with Gasteiger partial charge in [0.15, 0.2) is 0 Å². The van der Waals surface area contributed by atoms with Crippen LogP contribution in [0, 0.1) is 29.6 Å². The first-order valence-corrected chi connectivity index (χ1v) is 25.5. The number of thioether (sulfide) groups is 1. The van der Waals surface area contributed by atoms with E-state index in [2.05, 4.69) is 131 Å².